The highest BCUT2D eigenvalue weighted by atomic mass is 32.9. The van der Waals surface area contributed by atoms with E-state index in [9.17, 15) is 9.90 Å². The SMILES string of the molecule is NC1=C(C(=O)O)Cc2c(ssc2=Nc2ccccc2)N1c1ccccc1. The number of carboxylic acids is 1. The zero-order valence-corrected chi connectivity index (χ0v) is 15.3. The van der Waals surface area contributed by atoms with E-state index in [4.69, 9.17) is 10.7 Å². The number of carbonyl (C=O) groups is 1. The number of nitrogens with zero attached hydrogens (tertiary/aromatic N) is 2. The minimum Gasteiger partial charge on any atom is -0.478 e. The molecule has 1 aliphatic rings. The maximum Gasteiger partial charge on any atom is 0.335 e. The molecule has 0 saturated carbocycles. The number of rotatable bonds is 3. The number of nitrogens with two attached hydrogens (primary N) is 1. The number of anilines is 2. The lowest BCUT2D eigenvalue weighted by Gasteiger charge is -2.29. The second-order valence-electron chi connectivity index (χ2n) is 5.72. The van der Waals surface area contributed by atoms with Gasteiger partial charge in [-0.15, -0.1) is 0 Å². The molecule has 0 radical (unpaired) electrons. The molecule has 0 spiro atoms. The molecule has 0 saturated heterocycles. The van der Waals surface area contributed by atoms with Crippen molar-refractivity contribution < 1.29 is 9.90 Å². The van der Waals surface area contributed by atoms with E-state index in [2.05, 4.69) is 0 Å². The first-order chi connectivity index (χ1) is 12.6. The normalized spacial score (nSPS) is 14.5. The Bertz CT molecular complexity index is 1050. The Kier molecular flexibility index (Phi) is 4.32. The fraction of sp³-hybridized carbons (Fsp3) is 0.0526. The van der Waals surface area contributed by atoms with Crippen molar-refractivity contribution in [2.75, 3.05) is 4.90 Å². The maximum atomic E-state index is 11.8. The lowest BCUT2D eigenvalue weighted by Crippen LogP contribution is -2.32. The van der Waals surface area contributed by atoms with Crippen molar-refractivity contribution in [2.24, 2.45) is 10.7 Å². The highest BCUT2D eigenvalue weighted by Crippen LogP contribution is 2.40. The van der Waals surface area contributed by atoms with Crippen molar-refractivity contribution in [3.8, 4) is 0 Å². The van der Waals surface area contributed by atoms with Crippen molar-refractivity contribution in [1.82, 2.24) is 0 Å². The molecule has 0 fully saturated rings. The third-order valence-electron chi connectivity index (χ3n) is 4.08. The molecule has 130 valence electrons. The van der Waals surface area contributed by atoms with Crippen LogP contribution in [0.15, 0.2) is 77.1 Å². The van der Waals surface area contributed by atoms with Gasteiger partial charge in [-0.25, -0.2) is 9.79 Å². The lowest BCUT2D eigenvalue weighted by molar-refractivity contribution is -0.132. The Labute approximate surface area is 157 Å². The van der Waals surface area contributed by atoms with Crippen molar-refractivity contribution >= 4 is 43.0 Å². The lowest BCUT2D eigenvalue weighted by atomic mass is 10.0. The van der Waals surface area contributed by atoms with Crippen LogP contribution in [0.3, 0.4) is 0 Å². The van der Waals surface area contributed by atoms with Gasteiger partial charge in [0.2, 0.25) is 0 Å². The van der Waals surface area contributed by atoms with Gasteiger partial charge >= 0.3 is 5.97 Å². The predicted octanol–water partition coefficient (Wildman–Crippen LogP) is 3.99. The van der Waals surface area contributed by atoms with E-state index < -0.39 is 5.97 Å². The average Bonchev–Trinajstić information content (AvgIpc) is 3.05. The number of carboxylic acid groups (broad SMARTS) is 1. The zero-order chi connectivity index (χ0) is 18.1. The minimum atomic E-state index is -1.00. The average molecular weight is 381 g/mol. The first-order valence-electron chi connectivity index (χ1n) is 7.94. The third kappa shape index (κ3) is 2.91. The molecule has 4 rings (SSSR count). The topological polar surface area (TPSA) is 78.9 Å². The van der Waals surface area contributed by atoms with Crippen LogP contribution >= 0.6 is 20.7 Å². The first kappa shape index (κ1) is 16.6. The van der Waals surface area contributed by atoms with Crippen LogP contribution in [0.5, 0.6) is 0 Å². The molecular formula is C19H15N3O2S2. The molecule has 5 nitrogen and oxygen atoms in total. The van der Waals surface area contributed by atoms with E-state index in [1.54, 1.807) is 10.3 Å². The first-order valence-corrected chi connectivity index (χ1v) is 10.1. The second-order valence-corrected chi connectivity index (χ2v) is 7.83. The highest BCUT2D eigenvalue weighted by Gasteiger charge is 2.31. The number of benzene rings is 2. The van der Waals surface area contributed by atoms with Gasteiger partial charge < -0.3 is 10.8 Å². The van der Waals surface area contributed by atoms with Gasteiger partial charge in [0, 0.05) is 17.7 Å². The fourth-order valence-corrected chi connectivity index (χ4v) is 5.43. The fourth-order valence-electron chi connectivity index (χ4n) is 2.83. The molecule has 0 aliphatic carbocycles. The molecule has 1 aromatic heterocycles. The zero-order valence-electron chi connectivity index (χ0n) is 13.6. The van der Waals surface area contributed by atoms with Crippen molar-refractivity contribution in [1.29, 1.82) is 0 Å². The van der Waals surface area contributed by atoms with Crippen LogP contribution in [-0.2, 0) is 11.2 Å². The van der Waals surface area contributed by atoms with E-state index in [0.29, 0.717) is 0 Å². The molecular weight excluding hydrogens is 366 g/mol. The Hall–Kier alpha value is -2.90. The standard InChI is InChI=1S/C19H15N3O2S2/c20-16-14(19(23)24)11-15-17(21-12-7-3-1-4-8-12)25-26-18(15)22(16)13-9-5-2-6-10-13/h1-10H,11,20H2,(H,23,24). The third-order valence-corrected chi connectivity index (χ3v) is 6.44. The molecule has 0 unspecified atom stereocenters. The van der Waals surface area contributed by atoms with Gasteiger partial charge in [-0.2, -0.15) is 0 Å². The Morgan fingerprint density at radius 3 is 2.35 bits per heavy atom. The van der Waals surface area contributed by atoms with E-state index in [-0.39, 0.29) is 17.8 Å². The molecule has 3 N–H and O–H groups in total. The molecule has 0 bridgehead atoms. The summed E-state index contributed by atoms with van der Waals surface area (Å²) in [5.41, 5.74) is 9.01. The largest absolute Gasteiger partial charge is 0.478 e. The van der Waals surface area contributed by atoms with Crippen LogP contribution in [-0.4, -0.2) is 11.1 Å². The van der Waals surface area contributed by atoms with Crippen molar-refractivity contribution in [3.05, 3.63) is 82.3 Å². The van der Waals surface area contributed by atoms with Gasteiger partial charge in [-0.3, -0.25) is 4.90 Å². The van der Waals surface area contributed by atoms with Crippen LogP contribution in [0.25, 0.3) is 0 Å². The summed E-state index contributed by atoms with van der Waals surface area (Å²) in [6.45, 7) is 0. The van der Waals surface area contributed by atoms with E-state index in [1.807, 2.05) is 65.6 Å². The van der Waals surface area contributed by atoms with Crippen LogP contribution in [0.1, 0.15) is 5.56 Å². The summed E-state index contributed by atoms with van der Waals surface area (Å²) in [4.78, 5) is 18.3. The quantitative estimate of drug-likeness (QED) is 0.673. The Morgan fingerprint density at radius 2 is 1.69 bits per heavy atom. The molecule has 2 aromatic carbocycles. The number of fused-ring (bicyclic) bond motifs is 1. The van der Waals surface area contributed by atoms with Crippen LogP contribution < -0.4 is 15.3 Å². The summed E-state index contributed by atoms with van der Waals surface area (Å²) >= 11 is 0. The molecule has 26 heavy (non-hydrogen) atoms. The summed E-state index contributed by atoms with van der Waals surface area (Å²) in [5, 5.41) is 10.6. The van der Waals surface area contributed by atoms with Crippen molar-refractivity contribution in [2.45, 2.75) is 6.42 Å². The number of para-hydroxylation sites is 2. The van der Waals surface area contributed by atoms with Gasteiger partial charge in [0.1, 0.15) is 15.5 Å². The molecule has 3 aromatic rings. The van der Waals surface area contributed by atoms with E-state index >= 15 is 0 Å². The van der Waals surface area contributed by atoms with Crippen molar-refractivity contribution in [3.63, 3.8) is 0 Å². The van der Waals surface area contributed by atoms with Crippen LogP contribution in [0.4, 0.5) is 16.4 Å². The maximum absolute atomic E-state index is 11.8. The summed E-state index contributed by atoms with van der Waals surface area (Å²) in [7, 11) is 3.09. The van der Waals surface area contributed by atoms with Crippen LogP contribution in [0.2, 0.25) is 0 Å². The van der Waals surface area contributed by atoms with E-state index in [0.717, 1.165) is 26.6 Å². The molecule has 2 heterocycles. The minimum absolute atomic E-state index is 0.191. The monoisotopic (exact) mass is 381 g/mol. The van der Waals surface area contributed by atoms with Gasteiger partial charge in [-0.05, 0) is 24.3 Å². The Morgan fingerprint density at radius 1 is 1.04 bits per heavy atom. The van der Waals surface area contributed by atoms with Crippen LogP contribution in [0, 0.1) is 0 Å². The van der Waals surface area contributed by atoms with Gasteiger partial charge in [-0.1, -0.05) is 57.1 Å². The summed E-state index contributed by atoms with van der Waals surface area (Å²) in [6.07, 6.45) is 0.269. The number of aliphatic carboxylic acids is 1. The molecule has 0 atom stereocenters. The van der Waals surface area contributed by atoms with Gasteiger partial charge in [0.25, 0.3) is 0 Å². The smallest absolute Gasteiger partial charge is 0.335 e. The summed E-state index contributed by atoms with van der Waals surface area (Å²) < 4.78 is 0.823. The summed E-state index contributed by atoms with van der Waals surface area (Å²) in [6, 6.07) is 19.2. The molecule has 7 heteroatoms. The molecule has 0 amide bonds. The number of hydrogen-bond acceptors (Lipinski definition) is 6. The second kappa shape index (κ2) is 6.78. The van der Waals surface area contributed by atoms with E-state index in [1.165, 1.54) is 10.3 Å². The van der Waals surface area contributed by atoms with Gasteiger partial charge in [0.05, 0.1) is 11.3 Å². The van der Waals surface area contributed by atoms with Gasteiger partial charge in [0.15, 0.2) is 0 Å². The summed E-state index contributed by atoms with van der Waals surface area (Å²) in [5.74, 6) is -0.743. The number of hydrogen-bond donors (Lipinski definition) is 2. The highest BCUT2D eigenvalue weighted by molar-refractivity contribution is 7.70. The Balaban J connectivity index is 1.91. The molecule has 1 aliphatic heterocycles. The predicted molar refractivity (Wildman–Crippen MR) is 105 cm³/mol.